The van der Waals surface area contributed by atoms with Gasteiger partial charge in [-0.3, -0.25) is 0 Å². The highest BCUT2D eigenvalue weighted by atomic mass is 32.1. The topological polar surface area (TPSA) is 51.0 Å². The van der Waals surface area contributed by atoms with Crippen LogP contribution < -0.4 is 5.32 Å². The third-order valence-electron chi connectivity index (χ3n) is 4.35. The molecule has 5 heteroatoms. The summed E-state index contributed by atoms with van der Waals surface area (Å²) in [6.07, 6.45) is 7.28. The van der Waals surface area contributed by atoms with Crippen LogP contribution in [0, 0.1) is 0 Å². The van der Waals surface area contributed by atoms with Gasteiger partial charge >= 0.3 is 0 Å². The molecule has 3 heterocycles. The van der Waals surface area contributed by atoms with Crippen molar-refractivity contribution in [2.45, 2.75) is 44.4 Å². The summed E-state index contributed by atoms with van der Waals surface area (Å²) in [5.74, 6) is 2.08. The first-order chi connectivity index (χ1) is 9.90. The predicted octanol–water partition coefficient (Wildman–Crippen LogP) is 3.14. The highest BCUT2D eigenvalue weighted by Gasteiger charge is 2.23. The fourth-order valence-corrected chi connectivity index (χ4v) is 4.35. The standard InChI is InChI=1S/C15H19N3OS/c1-2-4-12-11(3-1)9-13(20-12)15-17-14(18-19-15)10-5-7-16-8-6-10/h9-10,16H,1-8H2. The van der Waals surface area contributed by atoms with Gasteiger partial charge in [-0.2, -0.15) is 4.98 Å². The van der Waals surface area contributed by atoms with Gasteiger partial charge in [0.2, 0.25) is 0 Å². The number of aromatic nitrogens is 2. The van der Waals surface area contributed by atoms with Gasteiger partial charge in [-0.05, 0) is 63.2 Å². The van der Waals surface area contributed by atoms with Gasteiger partial charge in [-0.15, -0.1) is 11.3 Å². The molecule has 0 atom stereocenters. The van der Waals surface area contributed by atoms with E-state index in [-0.39, 0.29) is 0 Å². The Balaban J connectivity index is 1.59. The lowest BCUT2D eigenvalue weighted by Gasteiger charge is -2.18. The van der Waals surface area contributed by atoms with Crippen molar-refractivity contribution in [1.29, 1.82) is 0 Å². The molecule has 106 valence electrons. The molecule has 1 N–H and O–H groups in total. The van der Waals surface area contributed by atoms with Crippen LogP contribution in [0.4, 0.5) is 0 Å². The van der Waals surface area contributed by atoms with Gasteiger partial charge in [-0.1, -0.05) is 5.16 Å². The third-order valence-corrected chi connectivity index (χ3v) is 5.58. The monoisotopic (exact) mass is 289 g/mol. The van der Waals surface area contributed by atoms with E-state index < -0.39 is 0 Å². The van der Waals surface area contributed by atoms with E-state index in [4.69, 9.17) is 4.52 Å². The molecule has 1 aliphatic carbocycles. The zero-order valence-electron chi connectivity index (χ0n) is 11.5. The van der Waals surface area contributed by atoms with E-state index >= 15 is 0 Å². The van der Waals surface area contributed by atoms with E-state index in [0.29, 0.717) is 5.92 Å². The molecule has 0 amide bonds. The van der Waals surface area contributed by atoms with E-state index in [1.54, 1.807) is 0 Å². The molecule has 0 spiro atoms. The molecule has 4 rings (SSSR count). The minimum absolute atomic E-state index is 0.461. The predicted molar refractivity (Wildman–Crippen MR) is 79.1 cm³/mol. The van der Waals surface area contributed by atoms with Crippen molar-refractivity contribution in [2.24, 2.45) is 0 Å². The molecule has 0 radical (unpaired) electrons. The second-order valence-electron chi connectivity index (χ2n) is 5.75. The average Bonchev–Trinajstić information content (AvgIpc) is 3.14. The van der Waals surface area contributed by atoms with Crippen LogP contribution >= 0.6 is 11.3 Å². The fraction of sp³-hybridized carbons (Fsp3) is 0.600. The van der Waals surface area contributed by atoms with Gasteiger partial charge in [-0.25, -0.2) is 0 Å². The number of thiophene rings is 1. The summed E-state index contributed by atoms with van der Waals surface area (Å²) >= 11 is 1.84. The van der Waals surface area contributed by atoms with E-state index in [9.17, 15) is 0 Å². The normalized spacial score (nSPS) is 20.0. The van der Waals surface area contributed by atoms with E-state index in [1.165, 1.54) is 36.1 Å². The zero-order valence-corrected chi connectivity index (χ0v) is 12.3. The van der Waals surface area contributed by atoms with Gasteiger partial charge in [0.1, 0.15) is 0 Å². The summed E-state index contributed by atoms with van der Waals surface area (Å²) in [5.41, 5.74) is 1.50. The van der Waals surface area contributed by atoms with Crippen molar-refractivity contribution >= 4 is 11.3 Å². The van der Waals surface area contributed by atoms with Crippen molar-refractivity contribution < 1.29 is 4.52 Å². The second-order valence-corrected chi connectivity index (χ2v) is 6.88. The summed E-state index contributed by atoms with van der Waals surface area (Å²) in [5, 5.41) is 7.59. The van der Waals surface area contributed by atoms with Crippen LogP contribution in [0.3, 0.4) is 0 Å². The van der Waals surface area contributed by atoms with Crippen molar-refractivity contribution in [2.75, 3.05) is 13.1 Å². The van der Waals surface area contributed by atoms with Crippen LogP contribution in [-0.2, 0) is 12.8 Å². The largest absolute Gasteiger partial charge is 0.333 e. The number of hydrogen-bond acceptors (Lipinski definition) is 5. The lowest BCUT2D eigenvalue weighted by atomic mass is 9.98. The summed E-state index contributed by atoms with van der Waals surface area (Å²) < 4.78 is 5.51. The van der Waals surface area contributed by atoms with Gasteiger partial charge in [0.25, 0.3) is 5.89 Å². The molecule has 2 aromatic heterocycles. The van der Waals surface area contributed by atoms with Crippen LogP contribution in [0.2, 0.25) is 0 Å². The lowest BCUT2D eigenvalue weighted by molar-refractivity contribution is 0.392. The van der Waals surface area contributed by atoms with Crippen LogP contribution in [0.1, 0.15) is 47.9 Å². The van der Waals surface area contributed by atoms with Crippen molar-refractivity contribution in [3.05, 3.63) is 22.3 Å². The number of hydrogen-bond donors (Lipinski definition) is 1. The number of rotatable bonds is 2. The quantitative estimate of drug-likeness (QED) is 0.922. The maximum absolute atomic E-state index is 5.51. The molecule has 1 fully saturated rings. The Morgan fingerprint density at radius 2 is 2.05 bits per heavy atom. The second kappa shape index (κ2) is 5.30. The Morgan fingerprint density at radius 3 is 2.90 bits per heavy atom. The van der Waals surface area contributed by atoms with E-state index in [1.807, 2.05) is 11.3 Å². The summed E-state index contributed by atoms with van der Waals surface area (Å²) in [7, 11) is 0. The molecule has 20 heavy (non-hydrogen) atoms. The van der Waals surface area contributed by atoms with E-state index in [0.717, 1.165) is 42.5 Å². The minimum Gasteiger partial charge on any atom is -0.333 e. The highest BCUT2D eigenvalue weighted by molar-refractivity contribution is 7.15. The molecule has 4 nitrogen and oxygen atoms in total. The first-order valence-corrected chi connectivity index (χ1v) is 8.38. The zero-order chi connectivity index (χ0) is 13.4. The van der Waals surface area contributed by atoms with Gasteiger partial charge in [0.15, 0.2) is 5.82 Å². The molecule has 2 aromatic rings. The first kappa shape index (κ1) is 12.5. The highest BCUT2D eigenvalue weighted by Crippen LogP contribution is 2.35. The molecule has 0 bridgehead atoms. The number of piperidine rings is 1. The Morgan fingerprint density at radius 1 is 1.20 bits per heavy atom. The Kier molecular flexibility index (Phi) is 3.32. The van der Waals surface area contributed by atoms with Crippen LogP contribution in [0.15, 0.2) is 10.6 Å². The summed E-state index contributed by atoms with van der Waals surface area (Å²) in [6.45, 7) is 2.11. The molecule has 0 aromatic carbocycles. The fourth-order valence-electron chi connectivity index (χ4n) is 3.18. The van der Waals surface area contributed by atoms with Gasteiger partial charge in [0.05, 0.1) is 4.88 Å². The average molecular weight is 289 g/mol. The third kappa shape index (κ3) is 2.29. The summed E-state index contributed by atoms with van der Waals surface area (Å²) in [4.78, 5) is 7.33. The van der Waals surface area contributed by atoms with Crippen LogP contribution in [-0.4, -0.2) is 23.2 Å². The van der Waals surface area contributed by atoms with Crippen LogP contribution in [0.25, 0.3) is 10.8 Å². The van der Waals surface area contributed by atoms with Crippen molar-refractivity contribution in [1.82, 2.24) is 15.5 Å². The molecule has 1 aliphatic heterocycles. The number of fused-ring (bicyclic) bond motifs is 1. The van der Waals surface area contributed by atoms with E-state index in [2.05, 4.69) is 21.5 Å². The Bertz CT molecular complexity index is 575. The lowest BCUT2D eigenvalue weighted by Crippen LogP contribution is -2.27. The Hall–Kier alpha value is -1.20. The maximum atomic E-state index is 5.51. The van der Waals surface area contributed by atoms with Gasteiger partial charge in [0, 0.05) is 10.8 Å². The molecule has 2 aliphatic rings. The molecule has 0 saturated carbocycles. The number of nitrogens with one attached hydrogen (secondary N) is 1. The number of nitrogens with zero attached hydrogens (tertiary/aromatic N) is 2. The van der Waals surface area contributed by atoms with Crippen molar-refractivity contribution in [3.8, 4) is 10.8 Å². The smallest absolute Gasteiger partial charge is 0.268 e. The minimum atomic E-state index is 0.461. The SMILES string of the molecule is c1c(-c2nc(C3CCNCC3)no2)sc2c1CCCC2. The summed E-state index contributed by atoms with van der Waals surface area (Å²) in [6, 6.07) is 2.26. The Labute approximate surface area is 122 Å². The first-order valence-electron chi connectivity index (χ1n) is 7.56. The van der Waals surface area contributed by atoms with Crippen LogP contribution in [0.5, 0.6) is 0 Å². The molecule has 0 unspecified atom stereocenters. The number of aryl methyl sites for hydroxylation is 2. The molecule has 1 saturated heterocycles. The van der Waals surface area contributed by atoms with Gasteiger partial charge < -0.3 is 9.84 Å². The molecular weight excluding hydrogens is 270 g/mol. The maximum Gasteiger partial charge on any atom is 0.268 e. The van der Waals surface area contributed by atoms with Crippen molar-refractivity contribution in [3.63, 3.8) is 0 Å². The molecular formula is C15H19N3OS.